The van der Waals surface area contributed by atoms with Crippen LogP contribution in [0.15, 0.2) is 41.8 Å². The first-order valence-corrected chi connectivity index (χ1v) is 10.5. The van der Waals surface area contributed by atoms with Gasteiger partial charge in [-0.2, -0.15) is 0 Å². The molecule has 0 N–H and O–H groups in total. The van der Waals surface area contributed by atoms with Gasteiger partial charge in [0.1, 0.15) is 5.75 Å². The third kappa shape index (κ3) is 4.33. The number of carbonyl (C=O) groups excluding carboxylic acids is 1. The van der Waals surface area contributed by atoms with Crippen molar-refractivity contribution in [2.45, 2.75) is 32.4 Å². The molecule has 3 aromatic rings. The van der Waals surface area contributed by atoms with Gasteiger partial charge in [-0.3, -0.25) is 4.79 Å². The van der Waals surface area contributed by atoms with E-state index in [1.165, 1.54) is 0 Å². The Morgan fingerprint density at radius 2 is 2.28 bits per heavy atom. The molecule has 8 heteroatoms. The summed E-state index contributed by atoms with van der Waals surface area (Å²) in [5.74, 6) is 0.600. The number of benzene rings is 1. The number of aromatic nitrogens is 3. The topological polar surface area (TPSA) is 69.5 Å². The first kappa shape index (κ1) is 19.6. The Hall–Kier alpha value is -2.71. The number of ether oxygens (including phenoxy) is 2. The van der Waals surface area contributed by atoms with Crippen molar-refractivity contribution >= 4 is 17.2 Å². The number of thiophene rings is 1. The summed E-state index contributed by atoms with van der Waals surface area (Å²) < 4.78 is 12.7. The van der Waals surface area contributed by atoms with Gasteiger partial charge >= 0.3 is 0 Å². The lowest BCUT2D eigenvalue weighted by molar-refractivity contribution is 0.0504. The van der Waals surface area contributed by atoms with Gasteiger partial charge in [0, 0.05) is 24.1 Å². The molecule has 152 valence electrons. The van der Waals surface area contributed by atoms with Gasteiger partial charge in [0.25, 0.3) is 5.91 Å². The standard InChI is InChI=1S/C21H24N4O3S/c1-15-20(22-23-25(15)16-6-3-7-17(12-16)27-2)21(26)24(13-18-8-4-10-28-18)14-19-9-5-11-29-19/h3,5-7,9,11-12,18H,4,8,10,13-14H2,1-2H3. The minimum absolute atomic E-state index is 0.0765. The van der Waals surface area contributed by atoms with Crippen LogP contribution in [-0.4, -0.2) is 52.2 Å². The van der Waals surface area contributed by atoms with E-state index in [9.17, 15) is 4.79 Å². The monoisotopic (exact) mass is 412 g/mol. The highest BCUT2D eigenvalue weighted by Gasteiger charge is 2.27. The van der Waals surface area contributed by atoms with Crippen molar-refractivity contribution < 1.29 is 14.3 Å². The summed E-state index contributed by atoms with van der Waals surface area (Å²) in [6.07, 6.45) is 2.09. The summed E-state index contributed by atoms with van der Waals surface area (Å²) in [6, 6.07) is 11.6. The molecule has 1 unspecified atom stereocenters. The van der Waals surface area contributed by atoms with E-state index in [0.29, 0.717) is 24.5 Å². The molecule has 2 aromatic heterocycles. The maximum absolute atomic E-state index is 13.4. The molecule has 4 rings (SSSR count). The van der Waals surface area contributed by atoms with Crippen molar-refractivity contribution in [1.29, 1.82) is 0 Å². The second-order valence-corrected chi connectivity index (χ2v) is 8.07. The minimum Gasteiger partial charge on any atom is -0.497 e. The lowest BCUT2D eigenvalue weighted by atomic mass is 10.2. The van der Waals surface area contributed by atoms with Crippen LogP contribution in [0.4, 0.5) is 0 Å². The zero-order chi connectivity index (χ0) is 20.2. The molecule has 1 aliphatic heterocycles. The van der Waals surface area contributed by atoms with E-state index in [1.807, 2.05) is 53.6 Å². The number of carbonyl (C=O) groups is 1. The summed E-state index contributed by atoms with van der Waals surface area (Å²) in [4.78, 5) is 16.3. The van der Waals surface area contributed by atoms with Crippen molar-refractivity contribution in [3.05, 3.63) is 58.0 Å². The Morgan fingerprint density at radius 1 is 1.38 bits per heavy atom. The summed E-state index contributed by atoms with van der Waals surface area (Å²) in [5.41, 5.74) is 1.87. The lowest BCUT2D eigenvalue weighted by Crippen LogP contribution is -2.37. The normalized spacial score (nSPS) is 16.1. The van der Waals surface area contributed by atoms with Gasteiger partial charge in [0.15, 0.2) is 5.69 Å². The zero-order valence-corrected chi connectivity index (χ0v) is 17.4. The fourth-order valence-electron chi connectivity index (χ4n) is 3.51. The van der Waals surface area contributed by atoms with Crippen LogP contribution in [0.3, 0.4) is 0 Å². The first-order chi connectivity index (χ1) is 14.2. The fraction of sp³-hybridized carbons (Fsp3) is 0.381. The largest absolute Gasteiger partial charge is 0.497 e. The molecule has 0 radical (unpaired) electrons. The molecule has 29 heavy (non-hydrogen) atoms. The predicted molar refractivity (Wildman–Crippen MR) is 111 cm³/mol. The molecule has 1 saturated heterocycles. The first-order valence-electron chi connectivity index (χ1n) is 9.65. The third-order valence-electron chi connectivity index (χ3n) is 5.06. The molecule has 0 aliphatic carbocycles. The number of rotatable bonds is 7. The van der Waals surface area contributed by atoms with Crippen molar-refractivity contribution in [3.8, 4) is 11.4 Å². The quantitative estimate of drug-likeness (QED) is 0.594. The molecule has 1 amide bonds. The maximum Gasteiger partial charge on any atom is 0.276 e. The highest BCUT2D eigenvalue weighted by atomic mass is 32.1. The highest BCUT2D eigenvalue weighted by Crippen LogP contribution is 2.22. The van der Waals surface area contributed by atoms with Gasteiger partial charge in [0.2, 0.25) is 0 Å². The fourth-order valence-corrected chi connectivity index (χ4v) is 4.23. The van der Waals surface area contributed by atoms with Crippen molar-refractivity contribution in [2.75, 3.05) is 20.3 Å². The molecule has 1 aromatic carbocycles. The van der Waals surface area contributed by atoms with Gasteiger partial charge in [-0.25, -0.2) is 4.68 Å². The number of hydrogen-bond donors (Lipinski definition) is 0. The Balaban J connectivity index is 1.60. The molecule has 0 saturated carbocycles. The number of nitrogens with zero attached hydrogens (tertiary/aromatic N) is 4. The second-order valence-electron chi connectivity index (χ2n) is 7.04. The minimum atomic E-state index is -0.124. The number of amides is 1. The van der Waals surface area contributed by atoms with E-state index in [0.717, 1.165) is 35.8 Å². The van der Waals surface area contributed by atoms with Crippen molar-refractivity contribution in [1.82, 2.24) is 19.9 Å². The molecule has 3 heterocycles. The van der Waals surface area contributed by atoms with E-state index in [4.69, 9.17) is 9.47 Å². The van der Waals surface area contributed by atoms with Gasteiger partial charge in [0.05, 0.1) is 31.1 Å². The molecule has 7 nitrogen and oxygen atoms in total. The SMILES string of the molecule is COc1cccc(-n2nnc(C(=O)N(Cc3cccs3)CC3CCCO3)c2C)c1. The van der Waals surface area contributed by atoms with E-state index < -0.39 is 0 Å². The second kappa shape index (κ2) is 8.75. The van der Waals surface area contributed by atoms with Crippen LogP contribution in [0.25, 0.3) is 5.69 Å². The van der Waals surface area contributed by atoms with Gasteiger partial charge in [-0.1, -0.05) is 17.3 Å². The van der Waals surface area contributed by atoms with Crippen LogP contribution in [0.1, 0.15) is 33.9 Å². The summed E-state index contributed by atoms with van der Waals surface area (Å²) in [5, 5.41) is 10.5. The van der Waals surface area contributed by atoms with Gasteiger partial charge < -0.3 is 14.4 Å². The van der Waals surface area contributed by atoms with Crippen molar-refractivity contribution in [2.24, 2.45) is 0 Å². The average Bonchev–Trinajstić information content (AvgIpc) is 3.50. The van der Waals surface area contributed by atoms with Crippen LogP contribution in [-0.2, 0) is 11.3 Å². The van der Waals surface area contributed by atoms with Crippen molar-refractivity contribution in [3.63, 3.8) is 0 Å². The lowest BCUT2D eigenvalue weighted by Gasteiger charge is -2.24. The third-order valence-corrected chi connectivity index (χ3v) is 5.92. The average molecular weight is 413 g/mol. The predicted octanol–water partition coefficient (Wildman–Crippen LogP) is 3.47. The van der Waals surface area contributed by atoms with Crippen LogP contribution in [0.2, 0.25) is 0 Å². The van der Waals surface area contributed by atoms with Gasteiger partial charge in [-0.15, -0.1) is 16.4 Å². The van der Waals surface area contributed by atoms with Crippen LogP contribution >= 0.6 is 11.3 Å². The molecule has 0 spiro atoms. The smallest absolute Gasteiger partial charge is 0.276 e. The summed E-state index contributed by atoms with van der Waals surface area (Å²) in [6.45, 7) is 3.73. The van der Waals surface area contributed by atoms with Gasteiger partial charge in [-0.05, 0) is 43.3 Å². The van der Waals surface area contributed by atoms with Crippen LogP contribution in [0.5, 0.6) is 5.75 Å². The highest BCUT2D eigenvalue weighted by molar-refractivity contribution is 7.09. The van der Waals surface area contributed by atoms with Crippen LogP contribution in [0, 0.1) is 6.92 Å². The molecule has 1 atom stereocenters. The van der Waals surface area contributed by atoms with E-state index in [-0.39, 0.29) is 12.0 Å². The Labute approximate surface area is 173 Å². The number of hydrogen-bond acceptors (Lipinski definition) is 6. The summed E-state index contributed by atoms with van der Waals surface area (Å²) in [7, 11) is 1.62. The molecule has 0 bridgehead atoms. The van der Waals surface area contributed by atoms with E-state index >= 15 is 0 Å². The zero-order valence-electron chi connectivity index (χ0n) is 16.6. The Bertz CT molecular complexity index is 964. The molecule has 1 fully saturated rings. The Kier molecular flexibility index (Phi) is 5.92. The molecular weight excluding hydrogens is 388 g/mol. The number of methoxy groups -OCH3 is 1. The molecular formula is C21H24N4O3S. The van der Waals surface area contributed by atoms with E-state index in [1.54, 1.807) is 23.1 Å². The van der Waals surface area contributed by atoms with Crippen LogP contribution < -0.4 is 4.74 Å². The van der Waals surface area contributed by atoms with E-state index in [2.05, 4.69) is 10.3 Å². The Morgan fingerprint density at radius 3 is 3.00 bits per heavy atom. The summed E-state index contributed by atoms with van der Waals surface area (Å²) >= 11 is 1.64. The maximum atomic E-state index is 13.4. The molecule has 1 aliphatic rings.